The van der Waals surface area contributed by atoms with Gasteiger partial charge in [-0.05, 0) is 48.9 Å². The average Bonchev–Trinajstić information content (AvgIpc) is 3.03. The van der Waals surface area contributed by atoms with Crippen LogP contribution in [0.1, 0.15) is 18.1 Å². The van der Waals surface area contributed by atoms with Gasteiger partial charge in [0.05, 0.1) is 10.9 Å². The molecule has 1 unspecified atom stereocenters. The zero-order valence-corrected chi connectivity index (χ0v) is 14.9. The fraction of sp³-hybridized carbons (Fsp3) is 0.250. The number of benzene rings is 1. The average molecular weight is 355 g/mol. The predicted octanol–water partition coefficient (Wildman–Crippen LogP) is 2.19. The van der Waals surface area contributed by atoms with Crippen molar-refractivity contribution in [2.45, 2.75) is 31.2 Å². The van der Waals surface area contributed by atoms with Crippen LogP contribution in [-0.2, 0) is 4.79 Å². The number of rotatable bonds is 5. The van der Waals surface area contributed by atoms with Gasteiger partial charge < -0.3 is 0 Å². The van der Waals surface area contributed by atoms with Gasteiger partial charge in [0.1, 0.15) is 0 Å². The van der Waals surface area contributed by atoms with Gasteiger partial charge in [0.25, 0.3) is 0 Å². The molecule has 0 saturated heterocycles. The van der Waals surface area contributed by atoms with Crippen LogP contribution < -0.4 is 5.32 Å². The summed E-state index contributed by atoms with van der Waals surface area (Å²) in [6, 6.07) is 7.72. The molecule has 8 nitrogen and oxygen atoms in total. The molecule has 0 saturated carbocycles. The van der Waals surface area contributed by atoms with Crippen molar-refractivity contribution in [3.05, 3.63) is 47.8 Å². The standard InChI is InChI=1S/C16H17N7OS/c1-10-5-6-13(11(2)9-10)23-16(20-21-22-23)25-12(3)14(24)19-15-17-7-4-8-18-15/h4-9,12H,1-3H3,(H,17,18,19,24). The molecule has 25 heavy (non-hydrogen) atoms. The highest BCUT2D eigenvalue weighted by atomic mass is 32.2. The zero-order valence-electron chi connectivity index (χ0n) is 14.0. The summed E-state index contributed by atoms with van der Waals surface area (Å²) in [5, 5.41) is 14.6. The van der Waals surface area contributed by atoms with E-state index in [1.807, 2.05) is 26.0 Å². The van der Waals surface area contributed by atoms with Gasteiger partial charge >= 0.3 is 0 Å². The lowest BCUT2D eigenvalue weighted by Gasteiger charge is -2.12. The largest absolute Gasteiger partial charge is 0.294 e. The molecule has 0 fully saturated rings. The second-order valence-corrected chi connectivity index (χ2v) is 6.79. The van der Waals surface area contributed by atoms with E-state index < -0.39 is 5.25 Å². The van der Waals surface area contributed by atoms with Crippen LogP contribution in [0.5, 0.6) is 0 Å². The number of anilines is 1. The summed E-state index contributed by atoms with van der Waals surface area (Å²) in [7, 11) is 0. The highest BCUT2D eigenvalue weighted by Gasteiger charge is 2.20. The lowest BCUT2D eigenvalue weighted by molar-refractivity contribution is -0.115. The molecule has 9 heteroatoms. The topological polar surface area (TPSA) is 98.5 Å². The first kappa shape index (κ1) is 17.0. The highest BCUT2D eigenvalue weighted by molar-refractivity contribution is 8.00. The van der Waals surface area contributed by atoms with Gasteiger partial charge in [0, 0.05) is 12.4 Å². The summed E-state index contributed by atoms with van der Waals surface area (Å²) in [5.41, 5.74) is 3.11. The molecule has 0 aliphatic heterocycles. The Morgan fingerprint density at radius 3 is 2.72 bits per heavy atom. The minimum Gasteiger partial charge on any atom is -0.294 e. The number of hydrogen-bond donors (Lipinski definition) is 1. The number of carbonyl (C=O) groups excluding carboxylic acids is 1. The van der Waals surface area contributed by atoms with Crippen LogP contribution in [0.3, 0.4) is 0 Å². The molecular weight excluding hydrogens is 338 g/mol. The van der Waals surface area contributed by atoms with E-state index >= 15 is 0 Å². The number of nitrogens with zero attached hydrogens (tertiary/aromatic N) is 6. The van der Waals surface area contributed by atoms with Crippen LogP contribution in [0.15, 0.2) is 41.8 Å². The number of thioether (sulfide) groups is 1. The Hall–Kier alpha value is -2.81. The molecule has 0 radical (unpaired) electrons. The van der Waals surface area contributed by atoms with Crippen molar-refractivity contribution in [3.8, 4) is 5.69 Å². The summed E-state index contributed by atoms with van der Waals surface area (Å²) in [4.78, 5) is 20.3. The van der Waals surface area contributed by atoms with Gasteiger partial charge in [-0.15, -0.1) is 5.10 Å². The van der Waals surface area contributed by atoms with Gasteiger partial charge in [0.15, 0.2) is 0 Å². The predicted molar refractivity (Wildman–Crippen MR) is 94.6 cm³/mol. The molecule has 128 valence electrons. The number of amides is 1. The van der Waals surface area contributed by atoms with Crippen LogP contribution >= 0.6 is 11.8 Å². The Bertz CT molecular complexity index is 881. The third-order valence-corrected chi connectivity index (χ3v) is 4.51. The maximum atomic E-state index is 12.3. The Kier molecular flexibility index (Phi) is 5.03. The quantitative estimate of drug-likeness (QED) is 0.700. The molecule has 0 spiro atoms. The molecule has 3 rings (SSSR count). The van der Waals surface area contributed by atoms with Crippen molar-refractivity contribution in [3.63, 3.8) is 0 Å². The molecule has 1 atom stereocenters. The van der Waals surface area contributed by atoms with E-state index in [1.165, 1.54) is 17.3 Å². The number of nitrogens with one attached hydrogen (secondary N) is 1. The fourth-order valence-corrected chi connectivity index (χ4v) is 3.03. The smallest absolute Gasteiger partial charge is 0.240 e. The highest BCUT2D eigenvalue weighted by Crippen LogP contribution is 2.25. The van der Waals surface area contributed by atoms with E-state index in [1.54, 1.807) is 30.1 Å². The van der Waals surface area contributed by atoms with Crippen LogP contribution in [0.25, 0.3) is 5.69 Å². The molecule has 0 bridgehead atoms. The molecule has 2 aromatic heterocycles. The summed E-state index contributed by atoms with van der Waals surface area (Å²) < 4.78 is 1.64. The van der Waals surface area contributed by atoms with Crippen molar-refractivity contribution < 1.29 is 4.79 Å². The molecule has 2 heterocycles. The zero-order chi connectivity index (χ0) is 17.8. The van der Waals surface area contributed by atoms with Crippen LogP contribution in [0.4, 0.5) is 5.95 Å². The lowest BCUT2D eigenvalue weighted by atomic mass is 10.1. The Morgan fingerprint density at radius 2 is 2.00 bits per heavy atom. The number of tetrazole rings is 1. The van der Waals surface area contributed by atoms with E-state index in [0.29, 0.717) is 5.16 Å². The molecule has 1 aromatic carbocycles. The summed E-state index contributed by atoms with van der Waals surface area (Å²) in [5.74, 6) is 0.0558. The summed E-state index contributed by atoms with van der Waals surface area (Å²) in [6.07, 6.45) is 3.14. The third-order valence-electron chi connectivity index (χ3n) is 3.47. The molecular formula is C16H17N7OS. The van der Waals surface area contributed by atoms with Crippen molar-refractivity contribution >= 4 is 23.6 Å². The van der Waals surface area contributed by atoms with Crippen LogP contribution in [-0.4, -0.2) is 41.3 Å². The summed E-state index contributed by atoms with van der Waals surface area (Å²) in [6.45, 7) is 5.81. The monoisotopic (exact) mass is 355 g/mol. The number of aryl methyl sites for hydroxylation is 2. The first-order valence-electron chi connectivity index (χ1n) is 7.65. The van der Waals surface area contributed by atoms with Crippen LogP contribution in [0.2, 0.25) is 0 Å². The van der Waals surface area contributed by atoms with E-state index in [2.05, 4.69) is 36.9 Å². The molecule has 0 aliphatic rings. The van der Waals surface area contributed by atoms with E-state index in [9.17, 15) is 4.79 Å². The van der Waals surface area contributed by atoms with Gasteiger partial charge in [-0.2, -0.15) is 4.68 Å². The minimum absolute atomic E-state index is 0.216. The van der Waals surface area contributed by atoms with Crippen LogP contribution in [0, 0.1) is 13.8 Å². The van der Waals surface area contributed by atoms with E-state index in [4.69, 9.17) is 0 Å². The van der Waals surface area contributed by atoms with Gasteiger partial charge in [-0.3, -0.25) is 10.1 Å². The Balaban J connectivity index is 1.75. The maximum absolute atomic E-state index is 12.3. The van der Waals surface area contributed by atoms with E-state index in [0.717, 1.165) is 11.3 Å². The lowest BCUT2D eigenvalue weighted by Crippen LogP contribution is -2.24. The summed E-state index contributed by atoms with van der Waals surface area (Å²) >= 11 is 1.27. The molecule has 3 aromatic rings. The van der Waals surface area contributed by atoms with Gasteiger partial charge in [-0.1, -0.05) is 29.5 Å². The maximum Gasteiger partial charge on any atom is 0.240 e. The first-order valence-corrected chi connectivity index (χ1v) is 8.53. The second kappa shape index (κ2) is 7.39. The van der Waals surface area contributed by atoms with E-state index in [-0.39, 0.29) is 11.9 Å². The van der Waals surface area contributed by atoms with Crippen molar-refractivity contribution in [2.75, 3.05) is 5.32 Å². The molecule has 0 aliphatic carbocycles. The fourth-order valence-electron chi connectivity index (χ4n) is 2.23. The van der Waals surface area contributed by atoms with Gasteiger partial charge in [0.2, 0.25) is 17.0 Å². The Morgan fingerprint density at radius 1 is 1.24 bits per heavy atom. The first-order chi connectivity index (χ1) is 12.0. The number of carbonyl (C=O) groups is 1. The number of aromatic nitrogens is 6. The van der Waals surface area contributed by atoms with Gasteiger partial charge in [-0.25, -0.2) is 9.97 Å². The minimum atomic E-state index is -0.417. The normalized spacial score (nSPS) is 12.0. The second-order valence-electron chi connectivity index (χ2n) is 5.48. The molecule has 1 amide bonds. The molecule has 1 N–H and O–H groups in total. The van der Waals surface area contributed by atoms with Crippen molar-refractivity contribution in [1.82, 2.24) is 30.2 Å². The van der Waals surface area contributed by atoms with Crippen molar-refractivity contribution in [1.29, 1.82) is 0 Å². The van der Waals surface area contributed by atoms with Crippen molar-refractivity contribution in [2.24, 2.45) is 0 Å². The SMILES string of the molecule is Cc1ccc(-n2nnnc2SC(C)C(=O)Nc2ncccn2)c(C)c1. The third kappa shape index (κ3) is 4.00. The Labute approximate surface area is 149 Å². The number of hydrogen-bond acceptors (Lipinski definition) is 7.